The van der Waals surface area contributed by atoms with E-state index >= 15 is 0 Å². The molecule has 0 aromatic heterocycles. The average molecular weight is 403 g/mol. The number of carboxylic acids is 2. The van der Waals surface area contributed by atoms with Crippen LogP contribution in [0.5, 0.6) is 0 Å². The molecule has 4 N–H and O–H groups in total. The van der Waals surface area contributed by atoms with Gasteiger partial charge in [0, 0.05) is 0 Å². The van der Waals surface area contributed by atoms with E-state index < -0.39 is 51.6 Å². The van der Waals surface area contributed by atoms with Crippen LogP contribution in [-0.4, -0.2) is 38.5 Å². The Kier molecular flexibility index (Phi) is 14.4. The third-order valence-corrected chi connectivity index (χ3v) is 3.94. The standard InChI is InChI=1S/C5H9NO4.2Cr.K.2H2O.5O/c1-6-3(5(9)10)2-4(7)8;;;;;;;;;;/h3,6H,2H2,1H3,(H,7,8)(H,9,10);;;;2*1H2;;;;;/q;3*+1;;;;;;;/p-3/t3-;;;;;;;;;;/m0........../s1. The van der Waals surface area contributed by atoms with E-state index in [2.05, 4.69) is 8.16 Å². The Bertz CT molecular complexity index is 481. The molecule has 12 nitrogen and oxygen atoms in total. The summed E-state index contributed by atoms with van der Waals surface area (Å²) in [6.45, 7) is 0. The summed E-state index contributed by atoms with van der Waals surface area (Å²) in [6.07, 6.45) is -0.459. The van der Waals surface area contributed by atoms with Crippen molar-refractivity contribution in [3.8, 4) is 0 Å². The zero-order valence-electron chi connectivity index (χ0n) is 10.2. The molecular weight excluding hydrogens is 393 g/mol. The predicted octanol–water partition coefficient (Wildman–Crippen LogP) is -6.86. The summed E-state index contributed by atoms with van der Waals surface area (Å²) in [4.78, 5) is 20.0. The van der Waals surface area contributed by atoms with Crippen LogP contribution >= 0.6 is 0 Å². The van der Waals surface area contributed by atoms with Gasteiger partial charge >= 0.3 is 111 Å². The van der Waals surface area contributed by atoms with E-state index in [0.717, 1.165) is 0 Å². The molecule has 0 unspecified atom stereocenters. The van der Waals surface area contributed by atoms with Gasteiger partial charge in [-0.1, -0.05) is 0 Å². The van der Waals surface area contributed by atoms with E-state index in [1.165, 1.54) is 7.05 Å². The summed E-state index contributed by atoms with van der Waals surface area (Å²) >= 11 is -11.5. The Morgan fingerprint density at radius 1 is 1.20 bits per heavy atom. The molecule has 0 aliphatic heterocycles. The van der Waals surface area contributed by atoms with Crippen molar-refractivity contribution in [3.63, 3.8) is 0 Å². The molecule has 0 aliphatic rings. The molecule has 0 radical (unpaired) electrons. The first-order valence-corrected chi connectivity index (χ1v) is 8.30. The van der Waals surface area contributed by atoms with E-state index in [1.54, 1.807) is 0 Å². The normalized spacial score (nSPS) is 12.3. The van der Waals surface area contributed by atoms with E-state index in [4.69, 9.17) is 13.4 Å². The third kappa shape index (κ3) is 21.0. The van der Waals surface area contributed by atoms with E-state index in [-0.39, 0.29) is 51.4 Å². The van der Waals surface area contributed by atoms with Crippen molar-refractivity contribution in [1.29, 1.82) is 0 Å². The number of aliphatic carboxylic acids is 2. The Balaban J connectivity index is -0.000000277. The first-order valence-electron chi connectivity index (χ1n) is 4.04. The second-order valence-corrected chi connectivity index (χ2v) is 6.44. The van der Waals surface area contributed by atoms with Crippen molar-refractivity contribution < 1.29 is 125 Å². The van der Waals surface area contributed by atoms with Crippen LogP contribution in [0.2, 0.25) is 0 Å². The number of carbonyl (C=O) groups is 2. The fourth-order valence-electron chi connectivity index (χ4n) is 0.587. The third-order valence-electron chi connectivity index (χ3n) is 1.18. The summed E-state index contributed by atoms with van der Waals surface area (Å²) in [7, 11) is 1.36. The summed E-state index contributed by atoms with van der Waals surface area (Å²) in [5, 5.41) is 20.5. The molecule has 0 fully saturated rings. The van der Waals surface area contributed by atoms with E-state index in [1.807, 2.05) is 0 Å². The van der Waals surface area contributed by atoms with Gasteiger partial charge in [-0.05, 0) is 7.05 Å². The first-order chi connectivity index (χ1) is 8.28. The number of rotatable bonds is 6. The van der Waals surface area contributed by atoms with Gasteiger partial charge in [-0.25, -0.2) is 0 Å². The van der Waals surface area contributed by atoms with Crippen LogP contribution in [0.4, 0.5) is 0 Å². The van der Waals surface area contributed by atoms with Crippen LogP contribution in [0.1, 0.15) is 6.42 Å². The SMILES string of the molecule is CN[C@@H](CC(=O)O)C(=O)[O-].[K+].[O]=[Cr](=[O])([OH])[O][Cr](=[O])(=[O])[OH]. The zero-order chi connectivity index (χ0) is 15.9. The fraction of sp³-hybridized carbons (Fsp3) is 0.600. The summed E-state index contributed by atoms with van der Waals surface area (Å²) in [6, 6.07) is -1.10. The minimum atomic E-state index is -5.76. The van der Waals surface area contributed by atoms with Crippen LogP contribution in [0.15, 0.2) is 0 Å². The second kappa shape index (κ2) is 11.3. The maximum atomic E-state index is 10.0. The first kappa shape index (κ1) is 25.6. The molecule has 0 aliphatic carbocycles. The van der Waals surface area contributed by atoms with Gasteiger partial charge in [-0.2, -0.15) is 0 Å². The van der Waals surface area contributed by atoms with Crippen molar-refractivity contribution >= 4 is 11.9 Å². The number of hydrogen-bond donors (Lipinski definition) is 4. The molecule has 0 spiro atoms. The van der Waals surface area contributed by atoms with Crippen LogP contribution in [0.25, 0.3) is 0 Å². The Morgan fingerprint density at radius 3 is 1.60 bits per heavy atom. The average Bonchev–Trinajstić information content (AvgIpc) is 2.08. The zero-order valence-corrected chi connectivity index (χ0v) is 15.9. The molecule has 0 heterocycles. The molecule has 0 saturated carbocycles. The maximum absolute atomic E-state index is 10.0. The molecule has 1 atom stereocenters. The van der Waals surface area contributed by atoms with Crippen molar-refractivity contribution in [1.82, 2.24) is 5.32 Å². The Labute approximate surface area is 159 Å². The number of carboxylic acid groups (broad SMARTS) is 2. The quantitative estimate of drug-likeness (QED) is 0.305. The van der Waals surface area contributed by atoms with Crippen LogP contribution in [0, 0.1) is 0 Å². The molecule has 0 bridgehead atoms. The molecule has 0 rings (SSSR count). The van der Waals surface area contributed by atoms with Crippen LogP contribution in [0.3, 0.4) is 0 Å². The van der Waals surface area contributed by atoms with Gasteiger partial charge in [-0.3, -0.25) is 4.79 Å². The van der Waals surface area contributed by atoms with E-state index in [9.17, 15) is 29.9 Å². The minimum absolute atomic E-state index is 0. The number of carbonyl (C=O) groups excluding carboxylic acids is 1. The fourth-order valence-corrected chi connectivity index (χ4v) is 2.33. The number of nitrogens with one attached hydrogen (secondary N) is 1. The Morgan fingerprint density at radius 2 is 1.55 bits per heavy atom. The van der Waals surface area contributed by atoms with Crippen molar-refractivity contribution in [3.05, 3.63) is 0 Å². The Hall–Kier alpha value is 0.681. The predicted molar refractivity (Wildman–Crippen MR) is 38.4 cm³/mol. The summed E-state index contributed by atoms with van der Waals surface area (Å²) in [5.41, 5.74) is 0. The molecule has 0 saturated heterocycles. The molecule has 0 amide bonds. The van der Waals surface area contributed by atoms with E-state index in [0.29, 0.717) is 0 Å². The molecule has 114 valence electrons. The molecule has 15 heteroatoms. The van der Waals surface area contributed by atoms with Gasteiger partial charge in [0.2, 0.25) is 0 Å². The van der Waals surface area contributed by atoms with Crippen LogP contribution in [-0.2, 0) is 54.9 Å². The summed E-state index contributed by atoms with van der Waals surface area (Å²) in [5.74, 6) is -2.56. The molecule has 0 aromatic rings. The molecule has 20 heavy (non-hydrogen) atoms. The van der Waals surface area contributed by atoms with Gasteiger partial charge in [0.15, 0.2) is 0 Å². The number of hydrogen-bond acceptors (Lipinski definition) is 9. The van der Waals surface area contributed by atoms with Crippen molar-refractivity contribution in [2.24, 2.45) is 0 Å². The van der Waals surface area contributed by atoms with Crippen molar-refractivity contribution in [2.45, 2.75) is 12.5 Å². The molecule has 0 aromatic carbocycles. The molecular formula is C5H10Cr2KNO11. The monoisotopic (exact) mass is 403 g/mol. The van der Waals surface area contributed by atoms with Crippen LogP contribution < -0.4 is 61.8 Å². The van der Waals surface area contributed by atoms with Gasteiger partial charge < -0.3 is 20.3 Å². The van der Waals surface area contributed by atoms with Gasteiger partial charge in [0.05, 0.1) is 18.4 Å². The number of likely N-dealkylation sites (N-methyl/N-ethyl adjacent to an activating group) is 1. The summed E-state index contributed by atoms with van der Waals surface area (Å²) < 4.78 is 56.3. The van der Waals surface area contributed by atoms with Gasteiger partial charge in [0.1, 0.15) is 0 Å². The second-order valence-electron chi connectivity index (χ2n) is 2.68. The topological polar surface area (TPSA) is 207 Å². The van der Waals surface area contributed by atoms with Gasteiger partial charge in [-0.15, -0.1) is 0 Å². The van der Waals surface area contributed by atoms with Gasteiger partial charge in [0.25, 0.3) is 0 Å². The van der Waals surface area contributed by atoms with Crippen molar-refractivity contribution in [2.75, 3.05) is 7.05 Å².